The van der Waals surface area contributed by atoms with Gasteiger partial charge in [-0.2, -0.15) is 0 Å². The van der Waals surface area contributed by atoms with Crippen LogP contribution in [0.5, 0.6) is 0 Å². The molecule has 4 amide bonds. The smallest absolute Gasteiger partial charge is 0.246 e. The van der Waals surface area contributed by atoms with E-state index in [1.54, 1.807) is 11.8 Å². The second kappa shape index (κ2) is 15.6. The summed E-state index contributed by atoms with van der Waals surface area (Å²) in [5.41, 5.74) is 12.8. The van der Waals surface area contributed by atoms with Gasteiger partial charge in [-0.05, 0) is 76.6 Å². The van der Waals surface area contributed by atoms with E-state index in [0.29, 0.717) is 25.8 Å². The first-order valence-corrected chi connectivity index (χ1v) is 17.6. The van der Waals surface area contributed by atoms with Gasteiger partial charge < -0.3 is 31.9 Å². The number of likely N-dealkylation sites (tertiary alicyclic amines) is 1. The van der Waals surface area contributed by atoms with Crippen LogP contribution in [-0.2, 0) is 32.0 Å². The second-order valence-electron chi connectivity index (χ2n) is 14.1. The number of amides is 4. The summed E-state index contributed by atoms with van der Waals surface area (Å²) >= 11 is 0. The third-order valence-electron chi connectivity index (χ3n) is 10.3. The minimum Gasteiger partial charge on any atom is -0.342 e. The summed E-state index contributed by atoms with van der Waals surface area (Å²) in [6.07, 6.45) is 3.93. The lowest BCUT2D eigenvalue weighted by Gasteiger charge is -2.57. The molecule has 7 unspecified atom stereocenters. The van der Waals surface area contributed by atoms with E-state index >= 15 is 0 Å². The van der Waals surface area contributed by atoms with E-state index in [2.05, 4.69) is 22.5 Å². The van der Waals surface area contributed by atoms with Gasteiger partial charge in [0.2, 0.25) is 23.6 Å². The topological polar surface area (TPSA) is 154 Å². The maximum atomic E-state index is 14.1. The monoisotopic (exact) mass is 659 g/mol. The van der Waals surface area contributed by atoms with Crippen LogP contribution in [0, 0.1) is 0 Å². The molecule has 0 spiro atoms. The van der Waals surface area contributed by atoms with Gasteiger partial charge in [0, 0.05) is 37.6 Å². The lowest BCUT2D eigenvalue weighted by Crippen LogP contribution is -2.72. The average molecular weight is 660 g/mol. The number of carbonyl (C=O) groups is 4. The zero-order chi connectivity index (χ0) is 34.4. The molecule has 260 valence electrons. The Hall–Kier alpha value is -3.80. The quantitative estimate of drug-likeness (QED) is 0.212. The van der Waals surface area contributed by atoms with Gasteiger partial charge in [-0.15, -0.1) is 0 Å². The molecule has 0 aromatic heterocycles. The first-order chi connectivity index (χ1) is 23.0. The Morgan fingerprint density at radius 1 is 0.958 bits per heavy atom. The molecule has 4 heterocycles. The van der Waals surface area contributed by atoms with Crippen molar-refractivity contribution >= 4 is 23.6 Å². The molecule has 4 saturated heterocycles. The molecule has 0 saturated carbocycles. The van der Waals surface area contributed by atoms with Crippen LogP contribution in [0.15, 0.2) is 60.7 Å². The maximum Gasteiger partial charge on any atom is 0.246 e. The van der Waals surface area contributed by atoms with Crippen LogP contribution in [0.3, 0.4) is 0 Å². The van der Waals surface area contributed by atoms with Crippen molar-refractivity contribution in [1.29, 1.82) is 0 Å². The van der Waals surface area contributed by atoms with Crippen LogP contribution in [0.2, 0.25) is 0 Å². The molecule has 2 aromatic rings. The number of hydrogen-bond donors (Lipinski definition) is 4. The summed E-state index contributed by atoms with van der Waals surface area (Å²) in [6.45, 7) is 8.93. The highest BCUT2D eigenvalue weighted by atomic mass is 16.2. The molecular weight excluding hydrogens is 606 g/mol. The number of benzene rings is 2. The lowest BCUT2D eigenvalue weighted by molar-refractivity contribution is -0.163. The van der Waals surface area contributed by atoms with E-state index in [4.69, 9.17) is 11.5 Å². The lowest BCUT2D eigenvalue weighted by atomic mass is 9.86. The second-order valence-corrected chi connectivity index (χ2v) is 14.1. The zero-order valence-corrected chi connectivity index (χ0v) is 28.6. The van der Waals surface area contributed by atoms with E-state index in [0.717, 1.165) is 50.0 Å². The van der Waals surface area contributed by atoms with Crippen LogP contribution in [0.4, 0.5) is 0 Å². The molecule has 2 bridgehead atoms. The molecule has 11 heteroatoms. The van der Waals surface area contributed by atoms with Crippen molar-refractivity contribution in [2.24, 2.45) is 11.5 Å². The number of nitrogens with two attached hydrogens (primary N) is 2. The van der Waals surface area contributed by atoms with Gasteiger partial charge in [0.25, 0.3) is 0 Å². The minimum atomic E-state index is -1.27. The Balaban J connectivity index is 1.30. The number of nitrogens with zero attached hydrogens (tertiary/aromatic N) is 3. The van der Waals surface area contributed by atoms with Crippen molar-refractivity contribution in [3.05, 3.63) is 71.8 Å². The molecule has 11 nitrogen and oxygen atoms in total. The van der Waals surface area contributed by atoms with Crippen molar-refractivity contribution in [3.63, 3.8) is 0 Å². The van der Waals surface area contributed by atoms with Gasteiger partial charge in [0.1, 0.15) is 18.1 Å². The number of unbranched alkanes of at least 4 members (excludes halogenated alkanes) is 1. The molecule has 6 rings (SSSR count). The van der Waals surface area contributed by atoms with E-state index in [-0.39, 0.29) is 36.4 Å². The highest BCUT2D eigenvalue weighted by molar-refractivity contribution is 5.97. The summed E-state index contributed by atoms with van der Waals surface area (Å²) in [6, 6.07) is 16.7. The van der Waals surface area contributed by atoms with Gasteiger partial charge in [-0.1, -0.05) is 67.6 Å². The summed E-state index contributed by atoms with van der Waals surface area (Å²) in [5, 5.41) is 5.85. The highest BCUT2D eigenvalue weighted by Crippen LogP contribution is 2.35. The van der Waals surface area contributed by atoms with Crippen LogP contribution >= 0.6 is 0 Å². The van der Waals surface area contributed by atoms with Crippen LogP contribution in [-0.4, -0.2) is 106 Å². The van der Waals surface area contributed by atoms with Crippen LogP contribution < -0.4 is 22.1 Å². The fourth-order valence-electron chi connectivity index (χ4n) is 7.64. The molecule has 2 aromatic carbocycles. The molecule has 0 aliphatic carbocycles. The van der Waals surface area contributed by atoms with Crippen LogP contribution in [0.25, 0.3) is 0 Å². The molecule has 48 heavy (non-hydrogen) atoms. The molecule has 4 aliphatic heterocycles. The van der Waals surface area contributed by atoms with E-state index in [1.165, 1.54) is 0 Å². The maximum absolute atomic E-state index is 14.1. The summed E-state index contributed by atoms with van der Waals surface area (Å²) in [4.78, 5) is 61.8. The Morgan fingerprint density at radius 2 is 1.58 bits per heavy atom. The van der Waals surface area contributed by atoms with Crippen molar-refractivity contribution in [2.75, 3.05) is 26.2 Å². The summed E-state index contributed by atoms with van der Waals surface area (Å²) in [7, 11) is 0. The van der Waals surface area contributed by atoms with Gasteiger partial charge in [-0.3, -0.25) is 24.1 Å². The third-order valence-corrected chi connectivity index (χ3v) is 10.3. The Kier molecular flexibility index (Phi) is 11.5. The summed E-state index contributed by atoms with van der Waals surface area (Å²) < 4.78 is 0. The Bertz CT molecular complexity index is 1410. The molecular formula is C37H53N7O4. The minimum absolute atomic E-state index is 0.00562. The van der Waals surface area contributed by atoms with Crippen molar-refractivity contribution in [1.82, 2.24) is 25.3 Å². The van der Waals surface area contributed by atoms with Gasteiger partial charge in [0.15, 0.2) is 0 Å². The standard InChI is InChI=1S/C37H53N7O4/c1-4-42-23-28-21-29(24-42)44(28)35(47)32(17-11-12-18-38)43-25(2)19-31(34(43)46)40-33(45)30(20-26-13-7-5-8-14-26)41-36(48)37(3,39)22-27-15-9-6-10-16-27/h5-10,13-16,25,28-32H,4,11-12,17-24,38-39H2,1-3H3,(H,40,45)(H,41,48). The number of fused-ring (bicyclic) bond motifs is 2. The number of rotatable bonds is 15. The third kappa shape index (κ3) is 8.07. The molecule has 0 radical (unpaired) electrons. The first kappa shape index (κ1) is 35.5. The van der Waals surface area contributed by atoms with E-state index < -0.39 is 35.5 Å². The average Bonchev–Trinajstić information content (AvgIpc) is 3.34. The molecule has 4 fully saturated rings. The van der Waals surface area contributed by atoms with Crippen molar-refractivity contribution in [2.45, 2.75) is 108 Å². The zero-order valence-electron chi connectivity index (χ0n) is 28.6. The van der Waals surface area contributed by atoms with Gasteiger partial charge in [-0.25, -0.2) is 0 Å². The van der Waals surface area contributed by atoms with E-state index in [9.17, 15) is 19.2 Å². The number of likely N-dealkylation sites (N-methyl/N-ethyl adjacent to an activating group) is 1. The van der Waals surface area contributed by atoms with E-state index in [1.807, 2.05) is 72.5 Å². The number of nitrogens with one attached hydrogen (secondary N) is 2. The first-order valence-electron chi connectivity index (χ1n) is 17.6. The molecule has 4 aliphatic rings. The number of piperidine rings is 1. The van der Waals surface area contributed by atoms with Crippen LogP contribution in [0.1, 0.15) is 64.0 Å². The fourth-order valence-corrected chi connectivity index (χ4v) is 7.64. The Morgan fingerprint density at radius 3 is 2.19 bits per heavy atom. The van der Waals surface area contributed by atoms with Crippen molar-refractivity contribution in [3.8, 4) is 0 Å². The van der Waals surface area contributed by atoms with Gasteiger partial charge in [0.05, 0.1) is 5.54 Å². The molecule has 6 N–H and O–H groups in total. The number of carbonyl (C=O) groups excluding carboxylic acids is 4. The number of hydrogen-bond acceptors (Lipinski definition) is 7. The predicted molar refractivity (Wildman–Crippen MR) is 186 cm³/mol. The fraction of sp³-hybridized carbons (Fsp3) is 0.568. The SMILES string of the molecule is CCN1CC2CC(C1)N2C(=O)C(CCCCN)N1C(=O)C(NC(=O)C(Cc2ccccc2)NC(=O)C(C)(N)Cc2ccccc2)CC1C. The largest absolute Gasteiger partial charge is 0.342 e. The molecule has 7 atom stereocenters. The summed E-state index contributed by atoms with van der Waals surface area (Å²) in [5.74, 6) is -1.17. The number of piperazine rings is 1. The normalized spacial score (nSPS) is 24.7. The highest BCUT2D eigenvalue weighted by Gasteiger charge is 2.52. The Labute approximate surface area is 284 Å². The van der Waals surface area contributed by atoms with Gasteiger partial charge >= 0.3 is 0 Å². The predicted octanol–water partition coefficient (Wildman–Crippen LogP) is 1.58. The van der Waals surface area contributed by atoms with Crippen molar-refractivity contribution < 1.29 is 19.2 Å².